The Labute approximate surface area is 165 Å². The second-order valence-electron chi connectivity index (χ2n) is 8.17. The van der Waals surface area contributed by atoms with Crippen LogP contribution in [0.2, 0.25) is 0 Å². The molecule has 1 unspecified atom stereocenters. The van der Waals surface area contributed by atoms with Crippen molar-refractivity contribution in [3.8, 4) is 0 Å². The molecule has 0 aromatic carbocycles. The first kappa shape index (κ1) is 23.9. The maximum atomic E-state index is 12.2. The van der Waals surface area contributed by atoms with Crippen molar-refractivity contribution in [1.29, 1.82) is 0 Å². The zero-order valence-electron chi connectivity index (χ0n) is 17.6. The summed E-state index contributed by atoms with van der Waals surface area (Å²) in [5.41, 5.74) is 0. The van der Waals surface area contributed by atoms with Gasteiger partial charge in [0.25, 0.3) is 0 Å². The fraction of sp³-hybridized carbons (Fsp3) is 0.826. The minimum atomic E-state index is -0.398. The Morgan fingerprint density at radius 3 is 2.63 bits per heavy atom. The van der Waals surface area contributed by atoms with Gasteiger partial charge in [-0.15, -0.1) is 0 Å². The van der Waals surface area contributed by atoms with Crippen molar-refractivity contribution in [2.24, 2.45) is 17.8 Å². The minimum absolute atomic E-state index is 0.139. The second kappa shape index (κ2) is 13.9. The van der Waals surface area contributed by atoms with Gasteiger partial charge in [-0.05, 0) is 37.5 Å². The third kappa shape index (κ3) is 10.1. The van der Waals surface area contributed by atoms with Gasteiger partial charge >= 0.3 is 5.97 Å². The third-order valence-corrected chi connectivity index (χ3v) is 5.77. The summed E-state index contributed by atoms with van der Waals surface area (Å²) in [4.78, 5) is 22.9. The molecular weight excluding hydrogens is 340 g/mol. The molecule has 0 bridgehead atoms. The molecule has 1 saturated carbocycles. The summed E-state index contributed by atoms with van der Waals surface area (Å²) in [5.74, 6) is 0.908. The number of carbonyl (C=O) groups excluding carboxylic acids is 2. The van der Waals surface area contributed by atoms with Gasteiger partial charge in [0, 0.05) is 19.3 Å². The van der Waals surface area contributed by atoms with Crippen LogP contribution >= 0.6 is 0 Å². The van der Waals surface area contributed by atoms with E-state index in [0.29, 0.717) is 24.7 Å². The van der Waals surface area contributed by atoms with Crippen LogP contribution in [0.25, 0.3) is 0 Å². The molecule has 1 aliphatic rings. The molecule has 1 rings (SSSR count). The van der Waals surface area contributed by atoms with Gasteiger partial charge in [0.2, 0.25) is 0 Å². The summed E-state index contributed by atoms with van der Waals surface area (Å²) in [6.45, 7) is 6.23. The van der Waals surface area contributed by atoms with Gasteiger partial charge in [0.05, 0.1) is 12.7 Å². The van der Waals surface area contributed by atoms with Crippen LogP contribution in [0.4, 0.5) is 0 Å². The van der Waals surface area contributed by atoms with E-state index in [4.69, 9.17) is 4.74 Å². The van der Waals surface area contributed by atoms with Gasteiger partial charge in [-0.25, -0.2) is 0 Å². The highest BCUT2D eigenvalue weighted by Gasteiger charge is 2.32. The zero-order chi connectivity index (χ0) is 20.1. The number of ether oxygens (including phenoxy) is 1. The largest absolute Gasteiger partial charge is 0.466 e. The van der Waals surface area contributed by atoms with Crippen LogP contribution in [0.1, 0.15) is 91.4 Å². The van der Waals surface area contributed by atoms with Crippen molar-refractivity contribution in [1.82, 2.24) is 0 Å². The van der Waals surface area contributed by atoms with Crippen LogP contribution in [0.15, 0.2) is 12.2 Å². The Bertz CT molecular complexity index is 457. The normalized spacial score (nSPS) is 22.3. The van der Waals surface area contributed by atoms with E-state index in [0.717, 1.165) is 64.2 Å². The molecule has 0 aromatic heterocycles. The molecule has 1 fully saturated rings. The number of esters is 1. The van der Waals surface area contributed by atoms with Crippen molar-refractivity contribution in [2.45, 2.75) is 97.5 Å². The number of ketones is 1. The molecule has 1 N–H and O–H groups in total. The molecule has 1 aliphatic carbocycles. The topological polar surface area (TPSA) is 63.6 Å². The Morgan fingerprint density at radius 2 is 1.93 bits per heavy atom. The van der Waals surface area contributed by atoms with E-state index in [1.165, 1.54) is 6.92 Å². The number of allylic oxidation sites excluding steroid dienone is 1. The smallest absolute Gasteiger partial charge is 0.302 e. The maximum Gasteiger partial charge on any atom is 0.302 e. The summed E-state index contributed by atoms with van der Waals surface area (Å²) >= 11 is 0. The molecule has 0 aliphatic heterocycles. The molecule has 156 valence electrons. The highest BCUT2D eigenvalue weighted by atomic mass is 16.5. The molecule has 0 spiro atoms. The Kier molecular flexibility index (Phi) is 12.3. The van der Waals surface area contributed by atoms with E-state index in [1.807, 2.05) is 6.08 Å². The van der Waals surface area contributed by atoms with E-state index in [9.17, 15) is 14.7 Å². The molecule has 0 amide bonds. The van der Waals surface area contributed by atoms with E-state index >= 15 is 0 Å². The van der Waals surface area contributed by atoms with Crippen LogP contribution in [0, 0.1) is 17.8 Å². The predicted molar refractivity (Wildman–Crippen MR) is 109 cm³/mol. The quantitative estimate of drug-likeness (QED) is 0.255. The molecule has 0 saturated heterocycles. The van der Waals surface area contributed by atoms with Gasteiger partial charge < -0.3 is 9.84 Å². The molecule has 4 atom stereocenters. The van der Waals surface area contributed by atoms with Gasteiger partial charge in [-0.2, -0.15) is 0 Å². The number of unbranched alkanes of at least 4 members (excludes halogenated alkanes) is 5. The first-order chi connectivity index (χ1) is 13.0. The minimum Gasteiger partial charge on any atom is -0.466 e. The first-order valence-electron chi connectivity index (χ1n) is 11.0. The summed E-state index contributed by atoms with van der Waals surface area (Å²) in [6, 6.07) is 0. The van der Waals surface area contributed by atoms with Gasteiger partial charge in [0.1, 0.15) is 5.78 Å². The number of aliphatic hydroxyl groups is 1. The maximum absolute atomic E-state index is 12.2. The average Bonchev–Trinajstić information content (AvgIpc) is 2.99. The SMILES string of the molecule is CCCCC(C)[C@H](O)/C=C/[C@H]1CCC(=O)[C@@H]1CCCCCCCOC(C)=O. The Morgan fingerprint density at radius 1 is 1.22 bits per heavy atom. The Balaban J connectivity index is 2.27. The van der Waals surface area contributed by atoms with E-state index in [-0.39, 0.29) is 17.8 Å². The summed E-state index contributed by atoms with van der Waals surface area (Å²) < 4.78 is 4.93. The van der Waals surface area contributed by atoms with Gasteiger partial charge in [-0.1, -0.05) is 64.5 Å². The van der Waals surface area contributed by atoms with Crippen LogP contribution in [0.3, 0.4) is 0 Å². The molecule has 0 heterocycles. The molecule has 4 heteroatoms. The van der Waals surface area contributed by atoms with Crippen molar-refractivity contribution in [3.63, 3.8) is 0 Å². The van der Waals surface area contributed by atoms with E-state index in [1.54, 1.807) is 0 Å². The molecular formula is C23H40O4. The third-order valence-electron chi connectivity index (χ3n) is 5.77. The second-order valence-corrected chi connectivity index (χ2v) is 8.17. The highest BCUT2D eigenvalue weighted by molar-refractivity contribution is 5.83. The predicted octanol–water partition coefficient (Wildman–Crippen LogP) is 5.23. The van der Waals surface area contributed by atoms with Crippen LogP contribution in [-0.4, -0.2) is 29.6 Å². The molecule has 0 radical (unpaired) electrons. The zero-order valence-corrected chi connectivity index (χ0v) is 17.6. The monoisotopic (exact) mass is 380 g/mol. The van der Waals surface area contributed by atoms with Crippen LogP contribution in [-0.2, 0) is 14.3 Å². The highest BCUT2D eigenvalue weighted by Crippen LogP contribution is 2.34. The number of aliphatic hydroxyl groups excluding tert-OH is 1. The average molecular weight is 381 g/mol. The van der Waals surface area contributed by atoms with E-state index in [2.05, 4.69) is 19.9 Å². The van der Waals surface area contributed by atoms with E-state index < -0.39 is 6.10 Å². The standard InChI is InChI=1S/C23H40O4/c1-4-5-11-18(2)22(25)15-13-20-14-16-23(26)21(20)12-9-7-6-8-10-17-27-19(3)24/h13,15,18,20-22,25H,4-12,14,16-17H2,1-3H3/b15-13+/t18?,20-,21+,22+/m0/s1. The van der Waals surface area contributed by atoms with Gasteiger partial charge in [-0.3, -0.25) is 9.59 Å². The number of Topliss-reactive ketones (excluding diaryl/α,β-unsaturated/α-hetero) is 1. The molecule has 4 nitrogen and oxygen atoms in total. The fourth-order valence-corrected chi connectivity index (χ4v) is 3.90. The van der Waals surface area contributed by atoms with Gasteiger partial charge in [0.15, 0.2) is 0 Å². The van der Waals surface area contributed by atoms with Crippen LogP contribution in [0.5, 0.6) is 0 Å². The number of rotatable bonds is 14. The summed E-state index contributed by atoms with van der Waals surface area (Å²) in [7, 11) is 0. The van der Waals surface area contributed by atoms with Crippen molar-refractivity contribution in [3.05, 3.63) is 12.2 Å². The summed E-state index contributed by atoms with van der Waals surface area (Å²) in [5, 5.41) is 10.3. The van der Waals surface area contributed by atoms with Crippen molar-refractivity contribution >= 4 is 11.8 Å². The van der Waals surface area contributed by atoms with Crippen molar-refractivity contribution in [2.75, 3.05) is 6.61 Å². The Hall–Kier alpha value is -1.16. The number of hydrogen-bond donors (Lipinski definition) is 1. The fourth-order valence-electron chi connectivity index (χ4n) is 3.90. The number of hydrogen-bond acceptors (Lipinski definition) is 4. The molecule has 27 heavy (non-hydrogen) atoms. The lowest BCUT2D eigenvalue weighted by molar-refractivity contribution is -0.141. The first-order valence-corrected chi connectivity index (χ1v) is 11.0. The lowest BCUT2D eigenvalue weighted by atomic mass is 9.88. The number of carbonyl (C=O) groups is 2. The summed E-state index contributed by atoms with van der Waals surface area (Å²) in [6.07, 6.45) is 14.9. The van der Waals surface area contributed by atoms with Crippen LogP contribution < -0.4 is 0 Å². The lowest BCUT2D eigenvalue weighted by Crippen LogP contribution is -2.17. The van der Waals surface area contributed by atoms with Crippen molar-refractivity contribution < 1.29 is 19.4 Å². The molecule has 0 aromatic rings. The lowest BCUT2D eigenvalue weighted by Gasteiger charge is -2.18.